The van der Waals surface area contributed by atoms with Crippen molar-refractivity contribution < 1.29 is 27.1 Å². The molecule has 0 aliphatic heterocycles. The zero-order chi connectivity index (χ0) is 31.1. The van der Waals surface area contributed by atoms with E-state index in [0.717, 1.165) is 54.3 Å². The lowest BCUT2D eigenvalue weighted by Gasteiger charge is -2.32. The first-order chi connectivity index (χ1) is 20.5. The molecule has 4 rings (SSSR count). The predicted molar refractivity (Wildman–Crippen MR) is 165 cm³/mol. The van der Waals surface area contributed by atoms with Gasteiger partial charge in [0.15, 0.2) is 0 Å². The van der Waals surface area contributed by atoms with Crippen molar-refractivity contribution >= 4 is 50.7 Å². The van der Waals surface area contributed by atoms with E-state index < -0.39 is 34.3 Å². The van der Waals surface area contributed by atoms with Crippen molar-refractivity contribution in [3.63, 3.8) is 0 Å². The standard InChI is InChI=1S/C31H34Cl2FN3O5S/c1-3-42-27-14-12-26(13-15-27)37(43(40,41)28-16-10-24(34)11-17-28)20-30(38)36(19-22-8-9-23(32)18-29(22)33)21(2)31(39)35-25-6-4-5-7-25/h8-18,21,25H,3-7,19-20H2,1-2H3,(H,35,39)/t21-/m1/s1. The third kappa shape index (κ3) is 8.19. The molecule has 0 unspecified atom stereocenters. The fraction of sp³-hybridized carbons (Fsp3) is 0.355. The Kier molecular flexibility index (Phi) is 10.9. The van der Waals surface area contributed by atoms with Crippen molar-refractivity contribution in [3.05, 3.63) is 88.2 Å². The van der Waals surface area contributed by atoms with Crippen LogP contribution >= 0.6 is 23.2 Å². The van der Waals surface area contributed by atoms with E-state index in [1.807, 2.05) is 6.92 Å². The zero-order valence-corrected chi connectivity index (χ0v) is 26.3. The number of hydrogen-bond donors (Lipinski definition) is 1. The molecule has 43 heavy (non-hydrogen) atoms. The SMILES string of the molecule is CCOc1ccc(N(CC(=O)N(Cc2ccc(Cl)cc2Cl)[C@H](C)C(=O)NC2CCCC2)S(=O)(=O)c2ccc(F)cc2)cc1. The lowest BCUT2D eigenvalue weighted by Crippen LogP contribution is -2.52. The van der Waals surface area contributed by atoms with Gasteiger partial charge in [0, 0.05) is 22.6 Å². The number of nitrogens with one attached hydrogen (secondary N) is 1. The van der Waals surface area contributed by atoms with Gasteiger partial charge in [-0.1, -0.05) is 42.1 Å². The van der Waals surface area contributed by atoms with Crippen molar-refractivity contribution in [1.82, 2.24) is 10.2 Å². The van der Waals surface area contributed by atoms with Gasteiger partial charge >= 0.3 is 0 Å². The van der Waals surface area contributed by atoms with Crippen LogP contribution in [-0.4, -0.2) is 50.4 Å². The van der Waals surface area contributed by atoms with Gasteiger partial charge in [-0.05, 0) is 92.9 Å². The van der Waals surface area contributed by atoms with E-state index in [0.29, 0.717) is 28.0 Å². The molecule has 8 nitrogen and oxygen atoms in total. The molecule has 1 aliphatic rings. The Hall–Kier alpha value is -3.34. The van der Waals surface area contributed by atoms with Crippen LogP contribution < -0.4 is 14.4 Å². The molecule has 2 amide bonds. The fourth-order valence-corrected chi connectivity index (χ4v) is 6.83. The average Bonchev–Trinajstić information content (AvgIpc) is 3.49. The molecule has 230 valence electrons. The summed E-state index contributed by atoms with van der Waals surface area (Å²) in [5.74, 6) is -1.07. The van der Waals surface area contributed by atoms with Gasteiger partial charge in [0.2, 0.25) is 11.8 Å². The molecule has 0 radical (unpaired) electrons. The van der Waals surface area contributed by atoms with E-state index >= 15 is 0 Å². The number of rotatable bonds is 12. The maximum absolute atomic E-state index is 14.1. The normalized spacial score (nSPS) is 14.3. The minimum atomic E-state index is -4.34. The Morgan fingerprint density at radius 1 is 1.02 bits per heavy atom. The van der Waals surface area contributed by atoms with Gasteiger partial charge in [0.05, 0.1) is 17.2 Å². The number of benzene rings is 3. The van der Waals surface area contributed by atoms with Gasteiger partial charge in [0.25, 0.3) is 10.0 Å². The maximum atomic E-state index is 14.1. The second-order valence-electron chi connectivity index (χ2n) is 10.3. The Bertz CT molecular complexity index is 1530. The second-order valence-corrected chi connectivity index (χ2v) is 13.0. The summed E-state index contributed by atoms with van der Waals surface area (Å²) in [6, 6.07) is 14.5. The van der Waals surface area contributed by atoms with Crippen LogP contribution in [0.3, 0.4) is 0 Å². The largest absolute Gasteiger partial charge is 0.494 e. The highest BCUT2D eigenvalue weighted by molar-refractivity contribution is 7.92. The molecule has 1 atom stereocenters. The quantitative estimate of drug-likeness (QED) is 0.252. The summed E-state index contributed by atoms with van der Waals surface area (Å²) in [6.45, 7) is 3.13. The lowest BCUT2D eigenvalue weighted by atomic mass is 10.1. The summed E-state index contributed by atoms with van der Waals surface area (Å²) in [6.07, 6.45) is 3.75. The molecule has 12 heteroatoms. The van der Waals surface area contributed by atoms with E-state index in [2.05, 4.69) is 5.32 Å². The molecule has 0 heterocycles. The molecule has 0 spiro atoms. The molecule has 0 bridgehead atoms. The zero-order valence-electron chi connectivity index (χ0n) is 23.9. The van der Waals surface area contributed by atoms with Crippen LogP contribution in [0.5, 0.6) is 5.75 Å². The highest BCUT2D eigenvalue weighted by Gasteiger charge is 2.33. The number of carbonyl (C=O) groups excluding carboxylic acids is 2. The summed E-state index contributed by atoms with van der Waals surface area (Å²) in [7, 11) is -4.34. The average molecular weight is 651 g/mol. The summed E-state index contributed by atoms with van der Waals surface area (Å²) in [5.41, 5.74) is 0.725. The van der Waals surface area contributed by atoms with Gasteiger partial charge in [-0.25, -0.2) is 12.8 Å². The molecule has 0 saturated heterocycles. The van der Waals surface area contributed by atoms with Gasteiger partial charge < -0.3 is 15.0 Å². The van der Waals surface area contributed by atoms with Crippen molar-refractivity contribution in [2.24, 2.45) is 0 Å². The summed E-state index contributed by atoms with van der Waals surface area (Å²) in [4.78, 5) is 28.5. The van der Waals surface area contributed by atoms with Crippen LogP contribution in [0.4, 0.5) is 10.1 Å². The molecule has 3 aromatic rings. The van der Waals surface area contributed by atoms with E-state index in [-0.39, 0.29) is 29.1 Å². The Morgan fingerprint density at radius 3 is 2.28 bits per heavy atom. The number of nitrogens with zero attached hydrogens (tertiary/aromatic N) is 2. The van der Waals surface area contributed by atoms with Gasteiger partial charge in [0.1, 0.15) is 24.2 Å². The number of ether oxygens (including phenoxy) is 1. The van der Waals surface area contributed by atoms with E-state index in [9.17, 15) is 22.4 Å². The second kappa shape index (κ2) is 14.4. The van der Waals surface area contributed by atoms with E-state index in [1.54, 1.807) is 31.2 Å². The minimum absolute atomic E-state index is 0.0187. The molecule has 1 saturated carbocycles. The number of hydrogen-bond acceptors (Lipinski definition) is 5. The van der Waals surface area contributed by atoms with Crippen LogP contribution in [0.1, 0.15) is 45.1 Å². The van der Waals surface area contributed by atoms with Crippen LogP contribution in [0.2, 0.25) is 10.0 Å². The number of anilines is 1. The third-order valence-electron chi connectivity index (χ3n) is 7.34. The van der Waals surface area contributed by atoms with E-state index in [4.69, 9.17) is 27.9 Å². The first-order valence-electron chi connectivity index (χ1n) is 14.0. The summed E-state index contributed by atoms with van der Waals surface area (Å²) < 4.78 is 47.9. The van der Waals surface area contributed by atoms with Crippen LogP contribution in [0.25, 0.3) is 0 Å². The van der Waals surface area contributed by atoms with Crippen LogP contribution in [0.15, 0.2) is 71.6 Å². The molecule has 1 N–H and O–H groups in total. The highest BCUT2D eigenvalue weighted by Crippen LogP contribution is 2.28. The maximum Gasteiger partial charge on any atom is 0.264 e. The van der Waals surface area contributed by atoms with Crippen molar-refractivity contribution in [2.45, 2.75) is 63.1 Å². The van der Waals surface area contributed by atoms with Crippen molar-refractivity contribution in [2.75, 3.05) is 17.5 Å². The minimum Gasteiger partial charge on any atom is -0.494 e. The van der Waals surface area contributed by atoms with Crippen LogP contribution in [-0.2, 0) is 26.2 Å². The van der Waals surface area contributed by atoms with Crippen molar-refractivity contribution in [1.29, 1.82) is 0 Å². The lowest BCUT2D eigenvalue weighted by molar-refractivity contribution is -0.139. The molecular weight excluding hydrogens is 616 g/mol. The topological polar surface area (TPSA) is 96.0 Å². The molecule has 1 aliphatic carbocycles. The molecule has 3 aromatic carbocycles. The first-order valence-corrected chi connectivity index (χ1v) is 16.2. The number of sulfonamides is 1. The van der Waals surface area contributed by atoms with Gasteiger partial charge in [-0.15, -0.1) is 0 Å². The Morgan fingerprint density at radius 2 is 1.67 bits per heavy atom. The Balaban J connectivity index is 1.70. The monoisotopic (exact) mass is 649 g/mol. The first kappa shape index (κ1) is 32.6. The fourth-order valence-electron chi connectivity index (χ4n) is 4.95. The third-order valence-corrected chi connectivity index (χ3v) is 9.72. The number of carbonyl (C=O) groups is 2. The smallest absolute Gasteiger partial charge is 0.264 e. The summed E-state index contributed by atoms with van der Waals surface area (Å²) >= 11 is 12.5. The van der Waals surface area contributed by atoms with Gasteiger partial charge in [-0.3, -0.25) is 13.9 Å². The van der Waals surface area contributed by atoms with E-state index in [1.165, 1.54) is 23.1 Å². The Labute approximate surface area is 261 Å². The van der Waals surface area contributed by atoms with Gasteiger partial charge in [-0.2, -0.15) is 0 Å². The molecule has 1 fully saturated rings. The molecular formula is C31H34Cl2FN3O5S. The number of halogens is 3. The predicted octanol–water partition coefficient (Wildman–Crippen LogP) is 6.20. The highest BCUT2D eigenvalue weighted by atomic mass is 35.5. The molecule has 0 aromatic heterocycles. The number of amides is 2. The van der Waals surface area contributed by atoms with Crippen molar-refractivity contribution in [3.8, 4) is 5.75 Å². The van der Waals surface area contributed by atoms with Crippen LogP contribution in [0, 0.1) is 5.82 Å². The summed E-state index contributed by atoms with van der Waals surface area (Å²) in [5, 5.41) is 3.73.